The van der Waals surface area contributed by atoms with Crippen LogP contribution in [-0.4, -0.2) is 0 Å². The Balaban J connectivity index is 2.02. The quantitative estimate of drug-likeness (QED) is 0.731. The van der Waals surface area contributed by atoms with Crippen LogP contribution < -0.4 is 10.1 Å². The Hall–Kier alpha value is 0.420. The van der Waals surface area contributed by atoms with Gasteiger partial charge in [-0.25, -0.2) is 0 Å². The largest absolute Gasteiger partial charge is 0.120 e. The second-order valence-electron chi connectivity index (χ2n) is 3.26. The molecule has 0 saturated carbocycles. The second kappa shape index (κ2) is 4.96. The van der Waals surface area contributed by atoms with Gasteiger partial charge in [0.2, 0.25) is 0 Å². The molecule has 4 atom stereocenters. The van der Waals surface area contributed by atoms with E-state index in [9.17, 15) is 0 Å². The smallest absolute Gasteiger partial charge is 0.00371 e. The minimum Gasteiger partial charge on any atom is -0.120 e. The lowest BCUT2D eigenvalue weighted by molar-refractivity contribution is 2.06. The molecule has 2 heterocycles. The van der Waals surface area contributed by atoms with Crippen LogP contribution in [0.4, 0.5) is 0 Å². The first-order valence-electron chi connectivity index (χ1n) is 4.52. The normalized spacial score (nSPS) is 15.0. The third-order valence-electron chi connectivity index (χ3n) is 2.21. The van der Waals surface area contributed by atoms with E-state index in [0.717, 1.165) is 16.5 Å². The average Bonchev–Trinajstić information content (AvgIpc) is 2.72. The summed E-state index contributed by atoms with van der Waals surface area (Å²) < 4.78 is 0. The molecule has 0 amide bonds. The van der Waals surface area contributed by atoms with Gasteiger partial charge in [0.15, 0.2) is 0 Å². The zero-order valence-electron chi connectivity index (χ0n) is 8.36. The third-order valence-corrected chi connectivity index (χ3v) is 12.3. The molecule has 14 heavy (non-hydrogen) atoms. The van der Waals surface area contributed by atoms with Gasteiger partial charge in [-0.3, -0.25) is 0 Å². The minimum absolute atomic E-state index is 0.0964. The van der Waals surface area contributed by atoms with Crippen molar-refractivity contribution in [3.63, 3.8) is 0 Å². The molecule has 2 rings (SSSR count). The Labute approximate surface area is 91.1 Å². The van der Waals surface area contributed by atoms with Crippen molar-refractivity contribution < 1.29 is 0 Å². The van der Waals surface area contributed by atoms with Crippen molar-refractivity contribution in [2.75, 3.05) is 0 Å². The standard InChI is InChI=1S/C10H14P4/c1-13-7-3-5-9(13)11-12-10-6-4-8-14(10)2/h3-8,11-12H,1-2H3. The highest BCUT2D eigenvalue weighted by Gasteiger charge is 2.01. The number of hydrogen-bond acceptors (Lipinski definition) is 0. The van der Waals surface area contributed by atoms with Crippen LogP contribution in [0.5, 0.6) is 0 Å². The predicted molar refractivity (Wildman–Crippen MR) is 76.2 cm³/mol. The molecule has 4 heteroatoms. The van der Waals surface area contributed by atoms with Crippen LogP contribution in [0.1, 0.15) is 0 Å². The summed E-state index contributed by atoms with van der Waals surface area (Å²) in [5.74, 6) is 4.72. The molecule has 4 unspecified atom stereocenters. The maximum atomic E-state index is 2.36. The molecule has 0 nitrogen and oxygen atoms in total. The van der Waals surface area contributed by atoms with Gasteiger partial charge in [0, 0.05) is 0 Å². The Morgan fingerprint density at radius 2 is 1.29 bits per heavy atom. The summed E-state index contributed by atoms with van der Waals surface area (Å²) in [6.45, 7) is 4.72. The third kappa shape index (κ3) is 2.51. The molecule has 0 spiro atoms. The minimum atomic E-state index is 0.0964. The van der Waals surface area contributed by atoms with Gasteiger partial charge in [-0.15, -0.1) is 15.1 Å². The highest BCUT2D eigenvalue weighted by molar-refractivity contribution is 8.22. The molecule has 2 aromatic heterocycles. The van der Waals surface area contributed by atoms with Gasteiger partial charge in [-0.05, 0) is 35.0 Å². The molecular formula is C10H14P4. The van der Waals surface area contributed by atoms with E-state index in [1.54, 1.807) is 10.1 Å². The van der Waals surface area contributed by atoms with Crippen molar-refractivity contribution in [3.05, 3.63) is 35.9 Å². The van der Waals surface area contributed by atoms with Gasteiger partial charge in [-0.1, -0.05) is 40.8 Å². The molecule has 0 radical (unpaired) electrons. The van der Waals surface area contributed by atoms with Crippen molar-refractivity contribution >= 4 is 41.7 Å². The van der Waals surface area contributed by atoms with Crippen LogP contribution in [0.3, 0.4) is 0 Å². The van der Waals surface area contributed by atoms with E-state index < -0.39 is 0 Å². The Morgan fingerprint density at radius 1 is 0.857 bits per heavy atom. The first-order valence-corrected chi connectivity index (χ1v) is 11.2. The van der Waals surface area contributed by atoms with E-state index in [-0.39, 0.29) is 15.1 Å². The molecule has 0 aliphatic heterocycles. The van der Waals surface area contributed by atoms with E-state index >= 15 is 0 Å². The maximum Gasteiger partial charge on any atom is -0.00371 e. The van der Waals surface area contributed by atoms with Gasteiger partial charge in [-0.2, -0.15) is 0 Å². The molecule has 0 aromatic carbocycles. The molecule has 0 N–H and O–H groups in total. The fraction of sp³-hybridized carbons (Fsp3) is 0.200. The lowest BCUT2D eigenvalue weighted by Crippen LogP contribution is -1.85. The van der Waals surface area contributed by atoms with Gasteiger partial charge < -0.3 is 0 Å². The zero-order valence-corrected chi connectivity index (χ0v) is 12.1. The Bertz CT molecular complexity index is 373. The molecule has 0 saturated heterocycles. The van der Waals surface area contributed by atoms with Crippen LogP contribution in [-0.2, 0) is 13.3 Å². The van der Waals surface area contributed by atoms with E-state index in [0.29, 0.717) is 0 Å². The number of aryl methyl sites for hydroxylation is 2. The number of rotatable bonds is 3. The predicted octanol–water partition coefficient (Wildman–Crippen LogP) is 3.96. The van der Waals surface area contributed by atoms with Crippen molar-refractivity contribution in [3.8, 4) is 0 Å². The van der Waals surface area contributed by atoms with Crippen LogP contribution in [0.15, 0.2) is 35.9 Å². The van der Waals surface area contributed by atoms with E-state index in [2.05, 4.69) is 49.2 Å². The molecule has 0 fully saturated rings. The number of hydrogen-bond donors (Lipinski definition) is 0. The summed E-state index contributed by atoms with van der Waals surface area (Å²) in [7, 11) is 2.29. The van der Waals surface area contributed by atoms with Gasteiger partial charge >= 0.3 is 0 Å². The summed E-state index contributed by atoms with van der Waals surface area (Å²) in [5, 5.41) is 3.41. The molecular weight excluding hydrogens is 244 g/mol. The van der Waals surface area contributed by atoms with Gasteiger partial charge in [0.05, 0.1) is 0 Å². The van der Waals surface area contributed by atoms with Gasteiger partial charge in [0.25, 0.3) is 0 Å². The fourth-order valence-corrected chi connectivity index (χ4v) is 10.9. The Kier molecular flexibility index (Phi) is 3.87. The fourth-order valence-electron chi connectivity index (χ4n) is 1.31. The van der Waals surface area contributed by atoms with Crippen molar-refractivity contribution in [1.29, 1.82) is 0 Å². The molecule has 0 aliphatic rings. The summed E-state index contributed by atoms with van der Waals surface area (Å²) in [5.41, 5.74) is 0. The van der Waals surface area contributed by atoms with E-state index in [4.69, 9.17) is 0 Å². The summed E-state index contributed by atoms with van der Waals surface area (Å²) in [6.07, 6.45) is 0. The van der Waals surface area contributed by atoms with Crippen molar-refractivity contribution in [2.45, 2.75) is 0 Å². The lowest BCUT2D eigenvalue weighted by atomic mass is 10.7. The van der Waals surface area contributed by atoms with E-state index in [1.165, 1.54) is 0 Å². The van der Waals surface area contributed by atoms with Crippen LogP contribution in [0.25, 0.3) is 0 Å². The molecule has 0 bridgehead atoms. The second-order valence-corrected chi connectivity index (χ2v) is 11.2. The monoisotopic (exact) mass is 258 g/mol. The topological polar surface area (TPSA) is 0 Å². The molecule has 0 aliphatic carbocycles. The highest BCUT2D eigenvalue weighted by atomic mass is 32.0. The lowest BCUT2D eigenvalue weighted by Gasteiger charge is -2.02. The summed E-state index contributed by atoms with van der Waals surface area (Å²) >= 11 is 0. The summed E-state index contributed by atoms with van der Waals surface area (Å²) in [4.78, 5) is 0. The van der Waals surface area contributed by atoms with E-state index in [1.807, 2.05) is 0 Å². The van der Waals surface area contributed by atoms with Crippen LogP contribution in [0.2, 0.25) is 0 Å². The van der Waals surface area contributed by atoms with Crippen LogP contribution >= 0.6 is 31.6 Å². The molecule has 74 valence electrons. The zero-order chi connectivity index (χ0) is 9.97. The first-order chi connectivity index (χ1) is 6.77. The van der Waals surface area contributed by atoms with Crippen LogP contribution in [0, 0.1) is 0 Å². The maximum absolute atomic E-state index is 2.36. The first kappa shape index (κ1) is 10.9. The van der Waals surface area contributed by atoms with Crippen molar-refractivity contribution in [2.24, 2.45) is 13.3 Å². The average molecular weight is 258 g/mol. The SMILES string of the molecule is Cp1cccc1PPc1cccp1C. The molecule has 2 aromatic rings. The van der Waals surface area contributed by atoms with Gasteiger partial charge in [0.1, 0.15) is 0 Å². The highest BCUT2D eigenvalue weighted by Crippen LogP contribution is 2.44. The van der Waals surface area contributed by atoms with Crippen molar-refractivity contribution in [1.82, 2.24) is 0 Å². The Morgan fingerprint density at radius 3 is 1.57 bits per heavy atom. The summed E-state index contributed by atoms with van der Waals surface area (Å²) in [6, 6.07) is 9.12.